The van der Waals surface area contributed by atoms with Gasteiger partial charge in [-0.25, -0.2) is 9.18 Å². The lowest BCUT2D eigenvalue weighted by Gasteiger charge is -2.07. The van der Waals surface area contributed by atoms with Gasteiger partial charge in [0.25, 0.3) is 0 Å². The first-order chi connectivity index (χ1) is 9.70. The molecule has 1 heterocycles. The molecule has 0 aliphatic heterocycles. The molecule has 2 rings (SSSR count). The monoisotopic (exact) mass is 321 g/mol. The Labute approximate surface area is 121 Å². The summed E-state index contributed by atoms with van der Waals surface area (Å²) in [4.78, 5) is 10.9. The minimum absolute atomic E-state index is 0.0140. The molecule has 0 fully saturated rings. The van der Waals surface area contributed by atoms with Crippen LogP contribution in [0.25, 0.3) is 0 Å². The lowest BCUT2D eigenvalue weighted by Crippen LogP contribution is -2.09. The van der Waals surface area contributed by atoms with Gasteiger partial charge < -0.3 is 9.67 Å². The number of carbonyl (C=O) groups is 1. The number of aromatic nitrogens is 1. The first kappa shape index (κ1) is 15.4. The van der Waals surface area contributed by atoms with Gasteiger partial charge >= 0.3 is 12.1 Å². The van der Waals surface area contributed by atoms with Crippen molar-refractivity contribution in [1.82, 2.24) is 4.57 Å². The van der Waals surface area contributed by atoms with Crippen molar-refractivity contribution in [2.24, 2.45) is 0 Å². The highest BCUT2D eigenvalue weighted by Gasteiger charge is 2.37. The molecular formula is C13H8ClF4NO2. The minimum Gasteiger partial charge on any atom is -0.478 e. The molecule has 1 aromatic heterocycles. The molecule has 0 amide bonds. The van der Waals surface area contributed by atoms with Crippen molar-refractivity contribution in [3.05, 3.63) is 58.1 Å². The largest absolute Gasteiger partial charge is 0.478 e. The third-order valence-electron chi connectivity index (χ3n) is 2.82. The van der Waals surface area contributed by atoms with E-state index in [1.165, 1.54) is 12.1 Å². The summed E-state index contributed by atoms with van der Waals surface area (Å²) in [6.45, 7) is -0.304. The number of carboxylic acids is 1. The fraction of sp³-hybridized carbons (Fsp3) is 0.154. The fourth-order valence-corrected chi connectivity index (χ4v) is 2.08. The molecule has 0 aliphatic rings. The number of nitrogens with zero attached hydrogens (tertiary/aromatic N) is 1. The Hall–Kier alpha value is -2.02. The van der Waals surface area contributed by atoms with Crippen molar-refractivity contribution in [2.75, 3.05) is 0 Å². The van der Waals surface area contributed by atoms with Crippen LogP contribution in [0.1, 0.15) is 21.5 Å². The summed E-state index contributed by atoms with van der Waals surface area (Å²) in [6, 6.07) is 3.88. The van der Waals surface area contributed by atoms with E-state index in [9.17, 15) is 22.4 Å². The van der Waals surface area contributed by atoms with Gasteiger partial charge in [0.05, 0.1) is 17.7 Å². The molecule has 2 aromatic rings. The molecule has 1 N–H and O–H groups in total. The maximum absolute atomic E-state index is 13.6. The lowest BCUT2D eigenvalue weighted by molar-refractivity contribution is -0.138. The van der Waals surface area contributed by atoms with Gasteiger partial charge in [0.1, 0.15) is 5.82 Å². The van der Waals surface area contributed by atoms with Crippen LogP contribution in [0.15, 0.2) is 30.6 Å². The van der Waals surface area contributed by atoms with Crippen LogP contribution in [-0.2, 0) is 12.7 Å². The summed E-state index contributed by atoms with van der Waals surface area (Å²) in [5.74, 6) is -2.39. The van der Waals surface area contributed by atoms with Gasteiger partial charge in [-0.2, -0.15) is 13.2 Å². The highest BCUT2D eigenvalue weighted by Crippen LogP contribution is 2.33. The third kappa shape index (κ3) is 3.18. The smallest absolute Gasteiger partial charge is 0.418 e. The summed E-state index contributed by atoms with van der Waals surface area (Å²) in [5, 5.41) is 8.85. The van der Waals surface area contributed by atoms with Crippen LogP contribution in [0.2, 0.25) is 5.02 Å². The Morgan fingerprint density at radius 2 is 1.95 bits per heavy atom. The van der Waals surface area contributed by atoms with Crippen molar-refractivity contribution in [2.45, 2.75) is 12.7 Å². The van der Waals surface area contributed by atoms with Crippen LogP contribution >= 0.6 is 11.6 Å². The molecule has 0 aliphatic carbocycles. The standard InChI is InChI=1S/C13H8ClF4NO2/c14-10-2-1-3-11(15)8(10)5-19-4-7(12(20)21)9(6-19)13(16,17)18/h1-4,6H,5H2,(H,20,21). The van der Waals surface area contributed by atoms with Crippen LogP contribution < -0.4 is 0 Å². The van der Waals surface area contributed by atoms with E-state index in [-0.39, 0.29) is 17.1 Å². The van der Waals surface area contributed by atoms with Gasteiger partial charge in [0, 0.05) is 23.0 Å². The van der Waals surface area contributed by atoms with E-state index < -0.39 is 29.1 Å². The minimum atomic E-state index is -4.81. The summed E-state index contributed by atoms with van der Waals surface area (Å²) in [7, 11) is 0. The molecule has 0 spiro atoms. The molecule has 0 saturated carbocycles. The Balaban J connectivity index is 2.45. The molecule has 21 heavy (non-hydrogen) atoms. The average molecular weight is 322 g/mol. The van der Waals surface area contributed by atoms with E-state index in [1.807, 2.05) is 0 Å². The maximum atomic E-state index is 13.6. The number of alkyl halides is 3. The summed E-state index contributed by atoms with van der Waals surface area (Å²) in [5.41, 5.74) is -2.20. The molecule has 3 nitrogen and oxygen atoms in total. The maximum Gasteiger partial charge on any atom is 0.418 e. The Morgan fingerprint density at radius 3 is 2.43 bits per heavy atom. The van der Waals surface area contributed by atoms with E-state index in [0.29, 0.717) is 6.20 Å². The fourth-order valence-electron chi connectivity index (χ4n) is 1.86. The van der Waals surface area contributed by atoms with Crippen LogP contribution in [-0.4, -0.2) is 15.6 Å². The molecule has 0 bridgehead atoms. The first-order valence-corrected chi connectivity index (χ1v) is 6.01. The number of hydrogen-bond acceptors (Lipinski definition) is 1. The molecule has 0 atom stereocenters. The first-order valence-electron chi connectivity index (χ1n) is 5.63. The Morgan fingerprint density at radius 1 is 1.29 bits per heavy atom. The second-order valence-electron chi connectivity index (χ2n) is 4.26. The molecule has 0 saturated heterocycles. The quantitative estimate of drug-likeness (QED) is 0.867. The van der Waals surface area contributed by atoms with E-state index in [4.69, 9.17) is 16.7 Å². The van der Waals surface area contributed by atoms with Crippen molar-refractivity contribution >= 4 is 17.6 Å². The topological polar surface area (TPSA) is 42.2 Å². The van der Waals surface area contributed by atoms with Crippen molar-refractivity contribution < 1.29 is 27.5 Å². The zero-order valence-corrected chi connectivity index (χ0v) is 11.0. The van der Waals surface area contributed by atoms with Crippen LogP contribution in [0.5, 0.6) is 0 Å². The number of rotatable bonds is 3. The molecule has 0 unspecified atom stereocenters. The predicted molar refractivity (Wildman–Crippen MR) is 66.9 cm³/mol. The summed E-state index contributed by atoms with van der Waals surface area (Å²) in [6.07, 6.45) is -3.39. The highest BCUT2D eigenvalue weighted by molar-refractivity contribution is 6.31. The molecule has 0 radical (unpaired) electrons. The van der Waals surface area contributed by atoms with Gasteiger partial charge in [0.2, 0.25) is 0 Å². The van der Waals surface area contributed by atoms with Gasteiger partial charge in [-0.3, -0.25) is 0 Å². The van der Waals surface area contributed by atoms with Crippen LogP contribution in [0.4, 0.5) is 17.6 Å². The van der Waals surface area contributed by atoms with Crippen molar-refractivity contribution in [1.29, 1.82) is 0 Å². The SMILES string of the molecule is O=C(O)c1cn(Cc2c(F)cccc2Cl)cc1C(F)(F)F. The van der Waals surface area contributed by atoms with E-state index >= 15 is 0 Å². The predicted octanol–water partition coefficient (Wildman–Crippen LogP) is 4.05. The normalized spacial score (nSPS) is 11.7. The number of halogens is 5. The summed E-state index contributed by atoms with van der Waals surface area (Å²) >= 11 is 5.79. The molecule has 8 heteroatoms. The van der Waals surface area contributed by atoms with Crippen LogP contribution in [0, 0.1) is 5.82 Å². The Bertz CT molecular complexity index is 674. The lowest BCUT2D eigenvalue weighted by atomic mass is 10.2. The van der Waals surface area contributed by atoms with E-state index in [1.54, 1.807) is 0 Å². The van der Waals surface area contributed by atoms with Crippen molar-refractivity contribution in [3.63, 3.8) is 0 Å². The number of aromatic carboxylic acids is 1. The van der Waals surface area contributed by atoms with Gasteiger partial charge in [-0.15, -0.1) is 0 Å². The third-order valence-corrected chi connectivity index (χ3v) is 3.17. The average Bonchev–Trinajstić information content (AvgIpc) is 2.78. The zero-order chi connectivity index (χ0) is 15.8. The zero-order valence-electron chi connectivity index (χ0n) is 10.3. The van der Waals surface area contributed by atoms with Gasteiger partial charge in [0.15, 0.2) is 0 Å². The number of hydrogen-bond donors (Lipinski definition) is 1. The Kier molecular flexibility index (Phi) is 3.95. The van der Waals surface area contributed by atoms with Crippen molar-refractivity contribution in [3.8, 4) is 0 Å². The summed E-state index contributed by atoms with van der Waals surface area (Å²) < 4.78 is 52.8. The number of carboxylic acid groups (broad SMARTS) is 1. The van der Waals surface area contributed by atoms with Crippen LogP contribution in [0.3, 0.4) is 0 Å². The van der Waals surface area contributed by atoms with Gasteiger partial charge in [-0.05, 0) is 12.1 Å². The molecule has 1 aromatic carbocycles. The van der Waals surface area contributed by atoms with E-state index in [2.05, 4.69) is 0 Å². The highest BCUT2D eigenvalue weighted by atomic mass is 35.5. The second-order valence-corrected chi connectivity index (χ2v) is 4.67. The number of benzene rings is 1. The van der Waals surface area contributed by atoms with E-state index in [0.717, 1.165) is 16.8 Å². The second kappa shape index (κ2) is 5.40. The molecule has 112 valence electrons. The molecular weight excluding hydrogens is 314 g/mol. The van der Waals surface area contributed by atoms with Gasteiger partial charge in [-0.1, -0.05) is 17.7 Å².